The predicted molar refractivity (Wildman–Crippen MR) is 135 cm³/mol. The molecule has 9 heteroatoms. The van der Waals surface area contributed by atoms with Crippen LogP contribution in [-0.2, 0) is 19.0 Å². The Bertz CT molecular complexity index is 832. The molecule has 0 aromatic heterocycles. The molecule has 0 radical (unpaired) electrons. The van der Waals surface area contributed by atoms with E-state index in [1.54, 1.807) is 6.92 Å². The van der Waals surface area contributed by atoms with Gasteiger partial charge < -0.3 is 35.3 Å². The smallest absolute Gasteiger partial charge is 0.309 e. The van der Waals surface area contributed by atoms with E-state index in [-0.39, 0.29) is 46.8 Å². The van der Waals surface area contributed by atoms with Gasteiger partial charge in [-0.05, 0) is 93.3 Å². The van der Waals surface area contributed by atoms with Crippen LogP contribution in [0, 0.1) is 34.5 Å². The number of carbonyl (C=O) groups excluding carboxylic acids is 1. The molecule has 0 aromatic rings. The van der Waals surface area contributed by atoms with Gasteiger partial charge in [0.15, 0.2) is 6.29 Å². The summed E-state index contributed by atoms with van der Waals surface area (Å²) in [6.45, 7) is 6.36. The standard InChI is InChI=1S/C27H45NO7.ClH/c1-14-20(29)21(30)22(31)24(34-14)35-16-7-10-25(2)15(13-16)5-6-18-17(25)8-11-26(3)19(23(32)33-4)9-12-27(18,26)28;/h14-22,24,29-31H,5-13,28H2,1-4H3;1H/t14-,15+,16-,17-,18+,19+,20-,21+,22+,24-,25-,26+,27-;/m0./s1. The topological polar surface area (TPSA) is 131 Å². The maximum Gasteiger partial charge on any atom is 0.309 e. The van der Waals surface area contributed by atoms with E-state index in [1.165, 1.54) is 7.11 Å². The molecule has 4 aliphatic carbocycles. The Labute approximate surface area is 221 Å². The highest BCUT2D eigenvalue weighted by atomic mass is 35.5. The average Bonchev–Trinajstić information content (AvgIpc) is 3.12. The third-order valence-electron chi connectivity index (χ3n) is 11.6. The number of carbonyl (C=O) groups is 1. The largest absolute Gasteiger partial charge is 0.469 e. The SMILES string of the molecule is COC(=O)[C@H]1CC[C@]2(N)[C@@H]3CC[C@@H]4C[C@@H](O[C@@H]5O[C@@H](C)[C@H](O)[C@@H](O)[C@H]5O)CC[C@]4(C)[C@H]3CC[C@]12C.Cl. The summed E-state index contributed by atoms with van der Waals surface area (Å²) in [6.07, 6.45) is 3.50. The van der Waals surface area contributed by atoms with Crippen LogP contribution >= 0.6 is 12.4 Å². The van der Waals surface area contributed by atoms with E-state index >= 15 is 0 Å². The molecule has 8 nitrogen and oxygen atoms in total. The van der Waals surface area contributed by atoms with Crippen LogP contribution in [0.5, 0.6) is 0 Å². The van der Waals surface area contributed by atoms with Crippen molar-refractivity contribution in [3.8, 4) is 0 Å². The zero-order valence-corrected chi connectivity index (χ0v) is 22.9. The molecule has 0 amide bonds. The van der Waals surface area contributed by atoms with Crippen LogP contribution in [0.25, 0.3) is 0 Å². The van der Waals surface area contributed by atoms with E-state index < -0.39 is 30.7 Å². The minimum Gasteiger partial charge on any atom is -0.469 e. The van der Waals surface area contributed by atoms with E-state index in [4.69, 9.17) is 19.9 Å². The van der Waals surface area contributed by atoms with Crippen molar-refractivity contribution in [1.82, 2.24) is 0 Å². The van der Waals surface area contributed by atoms with Gasteiger partial charge in [-0.25, -0.2) is 0 Å². The minimum atomic E-state index is -1.27. The van der Waals surface area contributed by atoms with Crippen LogP contribution in [0.4, 0.5) is 0 Å². The molecule has 5 aliphatic rings. The summed E-state index contributed by atoms with van der Waals surface area (Å²) in [6, 6.07) is 0. The van der Waals surface area contributed by atoms with Gasteiger partial charge in [0.05, 0.1) is 25.2 Å². The molecule has 4 saturated carbocycles. The summed E-state index contributed by atoms with van der Waals surface area (Å²) >= 11 is 0. The highest BCUT2D eigenvalue weighted by Gasteiger charge is 2.67. The first-order chi connectivity index (χ1) is 16.5. The van der Waals surface area contributed by atoms with Gasteiger partial charge >= 0.3 is 5.97 Å². The van der Waals surface area contributed by atoms with Crippen molar-refractivity contribution in [1.29, 1.82) is 0 Å². The average molecular weight is 532 g/mol. The van der Waals surface area contributed by atoms with Crippen molar-refractivity contribution in [2.75, 3.05) is 7.11 Å². The summed E-state index contributed by atoms with van der Waals surface area (Å²) in [7, 11) is 1.49. The Morgan fingerprint density at radius 3 is 2.36 bits per heavy atom. The minimum absolute atomic E-state index is 0. The lowest BCUT2D eigenvalue weighted by molar-refractivity contribution is -0.309. The van der Waals surface area contributed by atoms with Crippen molar-refractivity contribution < 1.29 is 34.3 Å². The van der Waals surface area contributed by atoms with Crippen LogP contribution in [-0.4, -0.2) is 70.7 Å². The zero-order chi connectivity index (χ0) is 25.3. The van der Waals surface area contributed by atoms with E-state index in [2.05, 4.69) is 13.8 Å². The molecule has 5 N–H and O–H groups in total. The number of esters is 1. The van der Waals surface area contributed by atoms with Gasteiger partial charge in [-0.1, -0.05) is 13.8 Å². The Balaban J connectivity index is 0.00000304. The lowest BCUT2D eigenvalue weighted by Gasteiger charge is -2.64. The zero-order valence-electron chi connectivity index (χ0n) is 22.1. The number of methoxy groups -OCH3 is 1. The van der Waals surface area contributed by atoms with Crippen molar-refractivity contribution in [3.05, 3.63) is 0 Å². The van der Waals surface area contributed by atoms with Crippen LogP contribution in [0.3, 0.4) is 0 Å². The second-order valence-electron chi connectivity index (χ2n) is 12.8. The Morgan fingerprint density at radius 2 is 1.67 bits per heavy atom. The second-order valence-corrected chi connectivity index (χ2v) is 12.8. The summed E-state index contributed by atoms with van der Waals surface area (Å²) < 4.78 is 17.1. The van der Waals surface area contributed by atoms with Crippen LogP contribution < -0.4 is 5.73 Å². The number of nitrogens with two attached hydrogens (primary N) is 1. The first kappa shape index (κ1) is 28.5. The number of halogens is 1. The van der Waals surface area contributed by atoms with Crippen molar-refractivity contribution in [2.24, 2.45) is 40.2 Å². The van der Waals surface area contributed by atoms with E-state index in [9.17, 15) is 20.1 Å². The third kappa shape index (κ3) is 4.05. The first-order valence-corrected chi connectivity index (χ1v) is 13.7. The van der Waals surface area contributed by atoms with Gasteiger partial charge in [0.2, 0.25) is 0 Å². The van der Waals surface area contributed by atoms with Crippen molar-refractivity contribution in [2.45, 2.75) is 121 Å². The summed E-state index contributed by atoms with van der Waals surface area (Å²) in [5, 5.41) is 30.5. The van der Waals surface area contributed by atoms with E-state index in [0.717, 1.165) is 57.8 Å². The molecular formula is C27H46ClNO7. The van der Waals surface area contributed by atoms with Gasteiger partial charge in [0, 0.05) is 5.54 Å². The molecule has 13 atom stereocenters. The van der Waals surface area contributed by atoms with Gasteiger partial charge in [0.1, 0.15) is 18.3 Å². The Kier molecular flexibility index (Phi) is 7.86. The fourth-order valence-corrected chi connectivity index (χ4v) is 9.25. The molecule has 208 valence electrons. The summed E-state index contributed by atoms with van der Waals surface area (Å²) in [5.74, 6) is 1.24. The number of aliphatic hydroxyl groups is 3. The maximum absolute atomic E-state index is 12.6. The molecule has 0 bridgehead atoms. The van der Waals surface area contributed by atoms with Gasteiger partial charge in [-0.3, -0.25) is 4.79 Å². The van der Waals surface area contributed by atoms with Crippen LogP contribution in [0.15, 0.2) is 0 Å². The molecule has 36 heavy (non-hydrogen) atoms. The Morgan fingerprint density at radius 1 is 0.944 bits per heavy atom. The molecular weight excluding hydrogens is 486 g/mol. The first-order valence-electron chi connectivity index (χ1n) is 13.7. The highest BCUT2D eigenvalue weighted by Crippen LogP contribution is 2.68. The summed E-state index contributed by atoms with van der Waals surface area (Å²) in [4.78, 5) is 12.6. The van der Waals surface area contributed by atoms with Crippen LogP contribution in [0.1, 0.15) is 78.6 Å². The van der Waals surface area contributed by atoms with E-state index in [1.807, 2.05) is 0 Å². The highest BCUT2D eigenvalue weighted by molar-refractivity contribution is 5.85. The van der Waals surface area contributed by atoms with Gasteiger partial charge in [-0.15, -0.1) is 12.4 Å². The normalized spacial score (nSPS) is 54.4. The molecule has 5 fully saturated rings. The molecule has 0 aromatic carbocycles. The maximum atomic E-state index is 12.6. The monoisotopic (exact) mass is 531 g/mol. The molecule has 1 heterocycles. The van der Waals surface area contributed by atoms with Crippen molar-refractivity contribution in [3.63, 3.8) is 0 Å². The predicted octanol–water partition coefficient (Wildman–Crippen LogP) is 2.53. The second kappa shape index (κ2) is 9.92. The van der Waals surface area contributed by atoms with Gasteiger partial charge in [0.25, 0.3) is 0 Å². The number of hydrogen-bond acceptors (Lipinski definition) is 8. The lowest BCUT2D eigenvalue weighted by Crippen LogP contribution is -2.67. The summed E-state index contributed by atoms with van der Waals surface area (Å²) in [5.41, 5.74) is 6.94. The lowest BCUT2D eigenvalue weighted by atomic mass is 9.42. The molecule has 5 rings (SSSR count). The number of aliphatic hydroxyl groups excluding tert-OH is 3. The van der Waals surface area contributed by atoms with Crippen LogP contribution in [0.2, 0.25) is 0 Å². The number of hydrogen-bond donors (Lipinski definition) is 4. The van der Waals surface area contributed by atoms with Gasteiger partial charge in [-0.2, -0.15) is 0 Å². The van der Waals surface area contributed by atoms with E-state index in [0.29, 0.717) is 17.8 Å². The number of ether oxygens (including phenoxy) is 3. The quantitative estimate of drug-likeness (QED) is 0.323. The molecule has 0 unspecified atom stereocenters. The fraction of sp³-hybridized carbons (Fsp3) is 0.963. The number of rotatable bonds is 3. The molecule has 1 aliphatic heterocycles. The fourth-order valence-electron chi connectivity index (χ4n) is 9.25. The Hall–Kier alpha value is -0.480. The molecule has 1 saturated heterocycles. The third-order valence-corrected chi connectivity index (χ3v) is 11.6. The molecule has 0 spiro atoms. The van der Waals surface area contributed by atoms with Crippen molar-refractivity contribution >= 4 is 18.4 Å². The number of fused-ring (bicyclic) bond motifs is 5.